The molecule has 2 N–H and O–H groups in total. The molecule has 0 aromatic carbocycles. The van der Waals surface area contributed by atoms with Crippen LogP contribution >= 0.6 is 11.3 Å². The minimum absolute atomic E-state index is 0.206. The zero-order valence-electron chi connectivity index (χ0n) is 10.7. The fraction of sp³-hybridized carbons (Fsp3) is 0.500. The number of hydrogen-bond acceptors (Lipinski definition) is 6. The summed E-state index contributed by atoms with van der Waals surface area (Å²) in [7, 11) is 0. The molecular formula is C12H18N4OS. The van der Waals surface area contributed by atoms with E-state index in [1.54, 1.807) is 11.3 Å². The lowest BCUT2D eigenvalue weighted by Crippen LogP contribution is -2.32. The molecule has 18 heavy (non-hydrogen) atoms. The Morgan fingerprint density at radius 1 is 1.44 bits per heavy atom. The summed E-state index contributed by atoms with van der Waals surface area (Å²) in [6, 6.07) is 3.71. The van der Waals surface area contributed by atoms with E-state index in [0.717, 1.165) is 24.5 Å². The van der Waals surface area contributed by atoms with Crippen LogP contribution < -0.4 is 5.73 Å². The Morgan fingerprint density at radius 2 is 2.22 bits per heavy atom. The lowest BCUT2D eigenvalue weighted by molar-refractivity contribution is 0.278. The zero-order valence-corrected chi connectivity index (χ0v) is 11.5. The normalized spacial score (nSPS) is 13.1. The first kappa shape index (κ1) is 13.2. The van der Waals surface area contributed by atoms with Crippen LogP contribution in [0.3, 0.4) is 0 Å². The molecule has 1 unspecified atom stereocenters. The van der Waals surface area contributed by atoms with Crippen LogP contribution in [0.5, 0.6) is 0 Å². The van der Waals surface area contributed by atoms with Gasteiger partial charge in [-0.25, -0.2) is 0 Å². The van der Waals surface area contributed by atoms with Gasteiger partial charge in [-0.05, 0) is 24.5 Å². The van der Waals surface area contributed by atoms with Gasteiger partial charge in [-0.3, -0.25) is 0 Å². The Bertz CT molecular complexity index is 464. The molecule has 0 radical (unpaired) electrons. The van der Waals surface area contributed by atoms with Crippen molar-refractivity contribution in [2.24, 2.45) is 5.73 Å². The highest BCUT2D eigenvalue weighted by Gasteiger charge is 2.17. The summed E-state index contributed by atoms with van der Waals surface area (Å²) in [5, 5.41) is 5.94. The monoisotopic (exact) mass is 266 g/mol. The Morgan fingerprint density at radius 3 is 2.83 bits per heavy atom. The van der Waals surface area contributed by atoms with Crippen LogP contribution in [0.2, 0.25) is 0 Å². The molecule has 98 valence electrons. The van der Waals surface area contributed by atoms with E-state index in [-0.39, 0.29) is 6.04 Å². The van der Waals surface area contributed by atoms with Crippen LogP contribution in [0, 0.1) is 0 Å². The van der Waals surface area contributed by atoms with Crippen LogP contribution in [0.4, 0.5) is 0 Å². The maximum Gasteiger partial charge on any atom is 0.268 e. The van der Waals surface area contributed by atoms with Gasteiger partial charge in [0.05, 0.1) is 10.9 Å². The van der Waals surface area contributed by atoms with E-state index in [1.807, 2.05) is 17.5 Å². The van der Waals surface area contributed by atoms with E-state index in [2.05, 4.69) is 28.9 Å². The van der Waals surface area contributed by atoms with Gasteiger partial charge >= 0.3 is 0 Å². The first-order valence-electron chi connectivity index (χ1n) is 6.10. The SMILES string of the molecule is CCN(CC)CC(N)c1noc(-c2cccs2)n1. The Kier molecular flexibility index (Phi) is 4.46. The second-order valence-electron chi connectivity index (χ2n) is 4.03. The molecule has 5 nitrogen and oxygen atoms in total. The first-order valence-corrected chi connectivity index (χ1v) is 6.98. The Balaban J connectivity index is 2.05. The number of aromatic nitrogens is 2. The molecule has 0 saturated carbocycles. The summed E-state index contributed by atoms with van der Waals surface area (Å²) >= 11 is 1.58. The summed E-state index contributed by atoms with van der Waals surface area (Å²) in [4.78, 5) is 7.57. The van der Waals surface area contributed by atoms with E-state index in [0.29, 0.717) is 11.7 Å². The quantitative estimate of drug-likeness (QED) is 0.867. The van der Waals surface area contributed by atoms with Crippen molar-refractivity contribution in [3.8, 4) is 10.8 Å². The molecular weight excluding hydrogens is 248 g/mol. The van der Waals surface area contributed by atoms with Crippen LogP contribution in [-0.2, 0) is 0 Å². The predicted molar refractivity (Wildman–Crippen MR) is 72.3 cm³/mol. The molecule has 0 amide bonds. The fourth-order valence-corrected chi connectivity index (χ4v) is 2.37. The lowest BCUT2D eigenvalue weighted by Gasteiger charge is -2.20. The van der Waals surface area contributed by atoms with Gasteiger partial charge in [-0.1, -0.05) is 25.1 Å². The van der Waals surface area contributed by atoms with Crippen LogP contribution in [-0.4, -0.2) is 34.7 Å². The maximum absolute atomic E-state index is 6.09. The molecule has 6 heteroatoms. The summed E-state index contributed by atoms with van der Waals surface area (Å²) in [6.07, 6.45) is 0. The van der Waals surface area contributed by atoms with Crippen molar-refractivity contribution in [2.75, 3.05) is 19.6 Å². The highest BCUT2D eigenvalue weighted by Crippen LogP contribution is 2.23. The highest BCUT2D eigenvalue weighted by atomic mass is 32.1. The van der Waals surface area contributed by atoms with E-state index in [9.17, 15) is 0 Å². The van der Waals surface area contributed by atoms with E-state index >= 15 is 0 Å². The van der Waals surface area contributed by atoms with Gasteiger partial charge in [-0.15, -0.1) is 11.3 Å². The number of nitrogens with zero attached hydrogens (tertiary/aromatic N) is 3. The number of likely N-dealkylation sites (N-methyl/N-ethyl adjacent to an activating group) is 1. The van der Waals surface area contributed by atoms with Crippen LogP contribution in [0.15, 0.2) is 22.0 Å². The van der Waals surface area contributed by atoms with Gasteiger partial charge in [0.1, 0.15) is 0 Å². The molecule has 2 aromatic heterocycles. The average molecular weight is 266 g/mol. The van der Waals surface area contributed by atoms with Crippen molar-refractivity contribution >= 4 is 11.3 Å². The second kappa shape index (κ2) is 6.08. The first-order chi connectivity index (χ1) is 8.74. The molecule has 2 rings (SSSR count). The van der Waals surface area contributed by atoms with Crippen molar-refractivity contribution < 1.29 is 4.52 Å². The molecule has 0 saturated heterocycles. The van der Waals surface area contributed by atoms with Gasteiger partial charge < -0.3 is 15.2 Å². The highest BCUT2D eigenvalue weighted by molar-refractivity contribution is 7.13. The molecule has 1 atom stereocenters. The van der Waals surface area contributed by atoms with Gasteiger partial charge in [0, 0.05) is 6.54 Å². The maximum atomic E-state index is 6.09. The summed E-state index contributed by atoms with van der Waals surface area (Å²) in [5.41, 5.74) is 6.09. The van der Waals surface area contributed by atoms with Crippen molar-refractivity contribution in [1.82, 2.24) is 15.0 Å². The van der Waals surface area contributed by atoms with Crippen LogP contribution in [0.25, 0.3) is 10.8 Å². The molecule has 0 aliphatic rings. The minimum Gasteiger partial charge on any atom is -0.333 e. The number of hydrogen-bond donors (Lipinski definition) is 1. The standard InChI is InChI=1S/C12H18N4OS/c1-3-16(4-2)8-9(13)11-14-12(17-15-11)10-6-5-7-18-10/h5-7,9H,3-4,8,13H2,1-2H3. The summed E-state index contributed by atoms with van der Waals surface area (Å²) in [6.45, 7) is 6.92. The van der Waals surface area contributed by atoms with Crippen molar-refractivity contribution in [2.45, 2.75) is 19.9 Å². The van der Waals surface area contributed by atoms with E-state index in [4.69, 9.17) is 10.3 Å². The summed E-state index contributed by atoms with van der Waals surface area (Å²) in [5.74, 6) is 1.13. The van der Waals surface area contributed by atoms with Crippen molar-refractivity contribution in [3.05, 3.63) is 23.3 Å². The molecule has 2 heterocycles. The van der Waals surface area contributed by atoms with Gasteiger partial charge in [0.2, 0.25) is 0 Å². The predicted octanol–water partition coefficient (Wildman–Crippen LogP) is 2.14. The third kappa shape index (κ3) is 2.95. The molecule has 0 spiro atoms. The molecule has 0 bridgehead atoms. The molecule has 0 aliphatic heterocycles. The van der Waals surface area contributed by atoms with E-state index in [1.165, 1.54) is 0 Å². The Hall–Kier alpha value is -1.24. The summed E-state index contributed by atoms with van der Waals surface area (Å²) < 4.78 is 5.23. The largest absolute Gasteiger partial charge is 0.333 e. The van der Waals surface area contributed by atoms with Gasteiger partial charge in [-0.2, -0.15) is 4.98 Å². The van der Waals surface area contributed by atoms with E-state index < -0.39 is 0 Å². The minimum atomic E-state index is -0.206. The third-order valence-electron chi connectivity index (χ3n) is 2.85. The smallest absolute Gasteiger partial charge is 0.268 e. The van der Waals surface area contributed by atoms with Crippen molar-refractivity contribution in [1.29, 1.82) is 0 Å². The number of rotatable bonds is 6. The average Bonchev–Trinajstić information content (AvgIpc) is 3.04. The zero-order chi connectivity index (χ0) is 13.0. The molecule has 2 aromatic rings. The second-order valence-corrected chi connectivity index (χ2v) is 4.98. The van der Waals surface area contributed by atoms with Crippen LogP contribution in [0.1, 0.15) is 25.7 Å². The topological polar surface area (TPSA) is 68.2 Å². The van der Waals surface area contributed by atoms with Gasteiger partial charge in [0.25, 0.3) is 5.89 Å². The molecule has 0 fully saturated rings. The lowest BCUT2D eigenvalue weighted by atomic mass is 10.2. The molecule has 0 aliphatic carbocycles. The number of nitrogens with two attached hydrogens (primary N) is 1. The third-order valence-corrected chi connectivity index (χ3v) is 3.71. The Labute approximate surface area is 111 Å². The van der Waals surface area contributed by atoms with Crippen molar-refractivity contribution in [3.63, 3.8) is 0 Å². The van der Waals surface area contributed by atoms with Gasteiger partial charge in [0.15, 0.2) is 5.82 Å². The number of thiophene rings is 1. The fourth-order valence-electron chi connectivity index (χ4n) is 1.73.